The maximum absolute atomic E-state index is 5.17. The van der Waals surface area contributed by atoms with Crippen LogP contribution in [0, 0.1) is 0 Å². The Bertz CT molecular complexity index is 2170. The van der Waals surface area contributed by atoms with E-state index in [4.69, 9.17) is 15.0 Å². The average molecular weight is 579 g/mol. The Morgan fingerprint density at radius 3 is 1.80 bits per heavy atom. The molecular weight excluding hydrogens is 548 g/mol. The van der Waals surface area contributed by atoms with Gasteiger partial charge in [0, 0.05) is 34.5 Å². The second-order valence-corrected chi connectivity index (χ2v) is 12.0. The molecule has 4 heteroatoms. The highest BCUT2D eigenvalue weighted by Gasteiger charge is 2.37. The number of hydrogen-bond donors (Lipinski definition) is 0. The molecule has 0 aliphatic heterocycles. The van der Waals surface area contributed by atoms with Gasteiger partial charge in [0.25, 0.3) is 0 Å². The minimum Gasteiger partial charge on any atom is -0.264 e. The molecule has 214 valence electrons. The second kappa shape index (κ2) is 10.8. The molecular formula is C41H30N4. The third-order valence-electron chi connectivity index (χ3n) is 8.85. The van der Waals surface area contributed by atoms with E-state index in [0.717, 1.165) is 38.9 Å². The van der Waals surface area contributed by atoms with Crippen molar-refractivity contribution < 1.29 is 0 Å². The van der Waals surface area contributed by atoms with Crippen LogP contribution in [-0.2, 0) is 5.41 Å². The quantitative estimate of drug-likeness (QED) is 0.204. The molecule has 0 radical (unpaired) electrons. The van der Waals surface area contributed by atoms with Gasteiger partial charge in [0.05, 0.1) is 0 Å². The molecule has 0 fully saturated rings. The zero-order chi connectivity index (χ0) is 30.4. The molecule has 0 N–H and O–H groups in total. The number of hydrogen-bond acceptors (Lipinski definition) is 4. The van der Waals surface area contributed by atoms with Crippen LogP contribution in [0.4, 0.5) is 0 Å². The molecule has 0 unspecified atom stereocenters. The Labute approximate surface area is 263 Å². The van der Waals surface area contributed by atoms with Crippen molar-refractivity contribution in [1.82, 2.24) is 19.9 Å². The largest absolute Gasteiger partial charge is 0.264 e. The van der Waals surface area contributed by atoms with Crippen LogP contribution in [0.3, 0.4) is 0 Å². The normalized spacial score (nSPS) is 12.8. The van der Waals surface area contributed by atoms with Crippen molar-refractivity contribution in [3.8, 4) is 67.5 Å². The van der Waals surface area contributed by atoms with E-state index < -0.39 is 0 Å². The first-order chi connectivity index (χ1) is 22.1. The van der Waals surface area contributed by atoms with Gasteiger partial charge in [0.15, 0.2) is 17.5 Å². The fraction of sp³-hybridized carbons (Fsp3) is 0.0732. The third-order valence-corrected chi connectivity index (χ3v) is 8.85. The fourth-order valence-corrected chi connectivity index (χ4v) is 6.51. The summed E-state index contributed by atoms with van der Waals surface area (Å²) in [6.45, 7) is 4.59. The van der Waals surface area contributed by atoms with Gasteiger partial charge >= 0.3 is 0 Å². The Hall–Kier alpha value is -5.74. The van der Waals surface area contributed by atoms with Crippen molar-refractivity contribution in [2.45, 2.75) is 19.3 Å². The van der Waals surface area contributed by atoms with Crippen molar-refractivity contribution in [3.63, 3.8) is 0 Å². The summed E-state index contributed by atoms with van der Waals surface area (Å²) in [5, 5.41) is 0. The summed E-state index contributed by atoms with van der Waals surface area (Å²) in [5.41, 5.74) is 12.3. The van der Waals surface area contributed by atoms with Crippen LogP contribution in [0.1, 0.15) is 25.0 Å². The second-order valence-electron chi connectivity index (χ2n) is 12.0. The summed E-state index contributed by atoms with van der Waals surface area (Å²) >= 11 is 0. The molecule has 2 heterocycles. The Kier molecular flexibility index (Phi) is 6.42. The van der Waals surface area contributed by atoms with E-state index in [9.17, 15) is 0 Å². The minimum atomic E-state index is -0.118. The lowest BCUT2D eigenvalue weighted by Crippen LogP contribution is -2.14. The van der Waals surface area contributed by atoms with E-state index in [0.29, 0.717) is 17.5 Å². The molecule has 1 aliphatic carbocycles. The average Bonchev–Trinajstić information content (AvgIpc) is 3.35. The van der Waals surface area contributed by atoms with Gasteiger partial charge < -0.3 is 0 Å². The van der Waals surface area contributed by atoms with Crippen LogP contribution >= 0.6 is 0 Å². The molecule has 7 aromatic rings. The molecule has 1 aliphatic rings. The highest BCUT2D eigenvalue weighted by molar-refractivity contribution is 5.91. The molecule has 0 saturated heterocycles. The van der Waals surface area contributed by atoms with Gasteiger partial charge in [-0.2, -0.15) is 0 Å². The summed E-state index contributed by atoms with van der Waals surface area (Å²) in [7, 11) is 0. The van der Waals surface area contributed by atoms with Crippen molar-refractivity contribution in [3.05, 3.63) is 157 Å². The lowest BCUT2D eigenvalue weighted by molar-refractivity contribution is 0.660. The zero-order valence-electron chi connectivity index (χ0n) is 25.1. The highest BCUT2D eigenvalue weighted by atomic mass is 15.0. The first kappa shape index (κ1) is 26.9. The van der Waals surface area contributed by atoms with E-state index in [1.54, 1.807) is 6.20 Å². The zero-order valence-corrected chi connectivity index (χ0v) is 25.1. The van der Waals surface area contributed by atoms with Crippen LogP contribution in [0.2, 0.25) is 0 Å². The van der Waals surface area contributed by atoms with Gasteiger partial charge in [0.1, 0.15) is 0 Å². The van der Waals surface area contributed by atoms with Crippen LogP contribution in [-0.4, -0.2) is 19.9 Å². The summed E-state index contributed by atoms with van der Waals surface area (Å²) in [5.74, 6) is 1.95. The maximum Gasteiger partial charge on any atom is 0.164 e. The SMILES string of the molecule is CC1(C)c2ccccc2-c2c(-c3nc(-c4ccc(-c5cccnc5)cc4)nc(-c4cccc(-c5ccccc5)c4)n3)cccc21. The van der Waals surface area contributed by atoms with E-state index in [1.807, 2.05) is 18.3 Å². The minimum absolute atomic E-state index is 0.118. The molecule has 2 aromatic heterocycles. The van der Waals surface area contributed by atoms with Gasteiger partial charge in [-0.15, -0.1) is 0 Å². The highest BCUT2D eigenvalue weighted by Crippen LogP contribution is 2.51. The van der Waals surface area contributed by atoms with Crippen molar-refractivity contribution in [1.29, 1.82) is 0 Å². The molecule has 8 rings (SSSR count). The smallest absolute Gasteiger partial charge is 0.164 e. The number of aromatic nitrogens is 4. The first-order valence-corrected chi connectivity index (χ1v) is 15.2. The molecule has 0 amide bonds. The van der Waals surface area contributed by atoms with E-state index in [-0.39, 0.29) is 5.41 Å². The molecule has 0 spiro atoms. The lowest BCUT2D eigenvalue weighted by atomic mass is 9.82. The Morgan fingerprint density at radius 2 is 1.00 bits per heavy atom. The standard InChI is InChI=1S/C41H30N4/c1-41(2)35-18-7-6-16-33(35)37-34(17-9-19-36(37)41)40-44-38(29-22-20-28(21-23-29)32-15-10-24-42-26-32)43-39(45-40)31-14-8-13-30(25-31)27-11-4-3-5-12-27/h3-26H,1-2H3. The van der Waals surface area contributed by atoms with Gasteiger partial charge in [0.2, 0.25) is 0 Å². The molecule has 4 nitrogen and oxygen atoms in total. The Morgan fingerprint density at radius 1 is 0.422 bits per heavy atom. The van der Waals surface area contributed by atoms with Crippen molar-refractivity contribution in [2.24, 2.45) is 0 Å². The molecule has 0 atom stereocenters. The number of benzene rings is 5. The first-order valence-electron chi connectivity index (χ1n) is 15.2. The van der Waals surface area contributed by atoms with E-state index >= 15 is 0 Å². The maximum atomic E-state index is 5.17. The lowest BCUT2D eigenvalue weighted by Gasteiger charge is -2.21. The monoisotopic (exact) mass is 578 g/mol. The van der Waals surface area contributed by atoms with Gasteiger partial charge in [-0.1, -0.05) is 135 Å². The summed E-state index contributed by atoms with van der Waals surface area (Å²) in [6.07, 6.45) is 3.67. The summed E-state index contributed by atoms with van der Waals surface area (Å²) in [4.78, 5) is 19.7. The molecule has 0 bridgehead atoms. The summed E-state index contributed by atoms with van der Waals surface area (Å²) < 4.78 is 0. The molecule has 5 aromatic carbocycles. The van der Waals surface area contributed by atoms with Crippen LogP contribution in [0.25, 0.3) is 67.5 Å². The number of rotatable bonds is 5. The van der Waals surface area contributed by atoms with Gasteiger partial charge in [-0.05, 0) is 56.6 Å². The number of nitrogens with zero attached hydrogens (tertiary/aromatic N) is 4. The topological polar surface area (TPSA) is 51.6 Å². The number of pyridine rings is 1. The van der Waals surface area contributed by atoms with Crippen LogP contribution in [0.15, 0.2) is 146 Å². The summed E-state index contributed by atoms with van der Waals surface area (Å²) in [6, 6.07) is 46.4. The van der Waals surface area contributed by atoms with Crippen molar-refractivity contribution >= 4 is 0 Å². The Balaban J connectivity index is 1.32. The predicted molar refractivity (Wildman–Crippen MR) is 182 cm³/mol. The third kappa shape index (κ3) is 4.72. The van der Waals surface area contributed by atoms with Crippen LogP contribution in [0.5, 0.6) is 0 Å². The fourth-order valence-electron chi connectivity index (χ4n) is 6.51. The van der Waals surface area contributed by atoms with Crippen molar-refractivity contribution in [2.75, 3.05) is 0 Å². The number of fused-ring (bicyclic) bond motifs is 3. The van der Waals surface area contributed by atoms with Gasteiger partial charge in [-0.3, -0.25) is 4.98 Å². The van der Waals surface area contributed by atoms with E-state index in [1.165, 1.54) is 22.3 Å². The van der Waals surface area contributed by atoms with E-state index in [2.05, 4.69) is 140 Å². The molecule has 0 saturated carbocycles. The van der Waals surface area contributed by atoms with Gasteiger partial charge in [-0.25, -0.2) is 15.0 Å². The molecule has 45 heavy (non-hydrogen) atoms. The van der Waals surface area contributed by atoms with Crippen LogP contribution < -0.4 is 0 Å². The predicted octanol–water partition coefficient (Wildman–Crippen LogP) is 9.91.